The maximum Gasteiger partial charge on any atom is 0.307 e. The van der Waals surface area contributed by atoms with Crippen molar-refractivity contribution in [2.45, 2.75) is 26.4 Å². The lowest BCUT2D eigenvalue weighted by atomic mass is 10.0. The second kappa shape index (κ2) is 9.51. The van der Waals surface area contributed by atoms with Crippen molar-refractivity contribution in [3.05, 3.63) is 93.4 Å². The number of rotatable bonds is 8. The number of carbonyl (C=O) groups excluding carboxylic acids is 1. The van der Waals surface area contributed by atoms with Gasteiger partial charge in [0.15, 0.2) is 5.76 Å². The van der Waals surface area contributed by atoms with Gasteiger partial charge < -0.3 is 9.15 Å². The zero-order chi connectivity index (χ0) is 21.5. The fraction of sp³-hybridized carbons (Fsp3) is 0.182. The van der Waals surface area contributed by atoms with Crippen LogP contribution in [0.2, 0.25) is 0 Å². The predicted molar refractivity (Wildman–Crippen MR) is 112 cm³/mol. The molecule has 0 aliphatic carbocycles. The number of nitro benzene ring substituents is 1. The van der Waals surface area contributed by atoms with Gasteiger partial charge in [0.2, 0.25) is 0 Å². The number of nitro groups is 1. The standard InChI is InChI=1S/C22H21N3O5/c1-15(2)17-6-8-19(9-7-17)29-14-20-10-11-21(30-20)22(26)24-23-13-16-4-3-5-18(12-16)25(27)28/h3-13,15H,14H2,1-2H3,(H,24,26)/b23-13-. The number of hydrogen-bond donors (Lipinski definition) is 1. The minimum absolute atomic E-state index is 0.0557. The van der Waals surface area contributed by atoms with Crippen LogP contribution in [0.3, 0.4) is 0 Å². The Labute approximate surface area is 173 Å². The fourth-order valence-electron chi connectivity index (χ4n) is 2.62. The molecule has 0 bridgehead atoms. The Kier molecular flexibility index (Phi) is 6.59. The minimum atomic E-state index is -0.538. The van der Waals surface area contributed by atoms with Crippen LogP contribution < -0.4 is 10.2 Å². The molecule has 0 fully saturated rings. The van der Waals surface area contributed by atoms with Gasteiger partial charge in [-0.05, 0) is 35.7 Å². The van der Waals surface area contributed by atoms with Gasteiger partial charge >= 0.3 is 5.91 Å². The number of furan rings is 1. The highest BCUT2D eigenvalue weighted by Gasteiger charge is 2.11. The predicted octanol–water partition coefficient (Wildman–Crippen LogP) is 4.65. The van der Waals surface area contributed by atoms with E-state index in [1.807, 2.05) is 24.3 Å². The van der Waals surface area contributed by atoms with E-state index in [0.717, 1.165) is 0 Å². The quantitative estimate of drug-likeness (QED) is 0.332. The zero-order valence-corrected chi connectivity index (χ0v) is 16.6. The lowest BCUT2D eigenvalue weighted by Gasteiger charge is -2.07. The van der Waals surface area contributed by atoms with Gasteiger partial charge in [-0.15, -0.1) is 0 Å². The molecule has 1 aromatic heterocycles. The Hall–Kier alpha value is -3.94. The van der Waals surface area contributed by atoms with Gasteiger partial charge in [-0.25, -0.2) is 5.43 Å². The zero-order valence-electron chi connectivity index (χ0n) is 16.6. The summed E-state index contributed by atoms with van der Waals surface area (Å²) >= 11 is 0. The van der Waals surface area contributed by atoms with Crippen molar-refractivity contribution in [3.8, 4) is 5.75 Å². The van der Waals surface area contributed by atoms with E-state index in [1.165, 1.54) is 36.0 Å². The highest BCUT2D eigenvalue weighted by molar-refractivity contribution is 5.92. The van der Waals surface area contributed by atoms with Crippen molar-refractivity contribution in [1.82, 2.24) is 5.43 Å². The lowest BCUT2D eigenvalue weighted by Crippen LogP contribution is -2.16. The maximum atomic E-state index is 12.1. The van der Waals surface area contributed by atoms with Gasteiger partial charge in [-0.2, -0.15) is 5.10 Å². The SMILES string of the molecule is CC(C)c1ccc(OCc2ccc(C(=O)N/N=C\c3cccc([N+](=O)[O-])c3)o2)cc1. The lowest BCUT2D eigenvalue weighted by molar-refractivity contribution is -0.384. The molecule has 0 spiro atoms. The molecule has 2 aromatic carbocycles. The number of hydrazone groups is 1. The smallest absolute Gasteiger partial charge is 0.307 e. The van der Waals surface area contributed by atoms with Crippen molar-refractivity contribution >= 4 is 17.8 Å². The van der Waals surface area contributed by atoms with Gasteiger partial charge in [0.25, 0.3) is 5.69 Å². The summed E-state index contributed by atoms with van der Waals surface area (Å²) in [6.45, 7) is 4.43. The molecule has 8 nitrogen and oxygen atoms in total. The number of nitrogens with one attached hydrogen (secondary N) is 1. The minimum Gasteiger partial charge on any atom is -0.486 e. The molecule has 1 heterocycles. The fourth-order valence-corrected chi connectivity index (χ4v) is 2.62. The first-order valence-electron chi connectivity index (χ1n) is 9.31. The van der Waals surface area contributed by atoms with E-state index >= 15 is 0 Å². The van der Waals surface area contributed by atoms with E-state index in [4.69, 9.17) is 9.15 Å². The molecule has 0 saturated carbocycles. The summed E-state index contributed by atoms with van der Waals surface area (Å²) in [6.07, 6.45) is 1.32. The monoisotopic (exact) mass is 407 g/mol. The average molecular weight is 407 g/mol. The van der Waals surface area contributed by atoms with Crippen molar-refractivity contribution < 1.29 is 18.9 Å². The van der Waals surface area contributed by atoms with Crippen LogP contribution in [0.1, 0.15) is 47.2 Å². The van der Waals surface area contributed by atoms with Crippen LogP contribution in [0, 0.1) is 10.1 Å². The number of nitrogens with zero attached hydrogens (tertiary/aromatic N) is 2. The summed E-state index contributed by atoms with van der Waals surface area (Å²) in [6, 6.07) is 16.9. The molecule has 30 heavy (non-hydrogen) atoms. The molecule has 3 aromatic rings. The summed E-state index contributed by atoms with van der Waals surface area (Å²) < 4.78 is 11.2. The second-order valence-electron chi connectivity index (χ2n) is 6.83. The van der Waals surface area contributed by atoms with E-state index in [1.54, 1.807) is 12.1 Å². The summed E-state index contributed by atoms with van der Waals surface area (Å²) in [4.78, 5) is 22.4. The largest absolute Gasteiger partial charge is 0.486 e. The van der Waals surface area contributed by atoms with Crippen molar-refractivity contribution in [1.29, 1.82) is 0 Å². The van der Waals surface area contributed by atoms with E-state index < -0.39 is 10.8 Å². The maximum absolute atomic E-state index is 12.1. The van der Waals surface area contributed by atoms with Crippen LogP contribution in [0.5, 0.6) is 5.75 Å². The summed E-state index contributed by atoms with van der Waals surface area (Å²) in [7, 11) is 0. The number of carbonyl (C=O) groups is 1. The Morgan fingerprint density at radius 2 is 1.97 bits per heavy atom. The normalized spacial score (nSPS) is 11.0. The van der Waals surface area contributed by atoms with Crippen LogP contribution in [-0.4, -0.2) is 17.0 Å². The third-order valence-corrected chi connectivity index (χ3v) is 4.27. The molecule has 8 heteroatoms. The molecule has 0 unspecified atom stereocenters. The third kappa shape index (κ3) is 5.54. The van der Waals surface area contributed by atoms with Crippen molar-refractivity contribution in [2.24, 2.45) is 5.10 Å². The highest BCUT2D eigenvalue weighted by Crippen LogP contribution is 2.20. The molecule has 1 amide bonds. The van der Waals surface area contributed by atoms with Gasteiger partial charge in [-0.1, -0.05) is 38.1 Å². The number of ether oxygens (including phenoxy) is 1. The molecule has 154 valence electrons. The third-order valence-electron chi connectivity index (χ3n) is 4.27. The summed E-state index contributed by atoms with van der Waals surface area (Å²) in [5, 5.41) is 14.6. The van der Waals surface area contributed by atoms with E-state index in [9.17, 15) is 14.9 Å². The molecule has 0 saturated heterocycles. The number of non-ortho nitro benzene ring substituents is 1. The summed E-state index contributed by atoms with van der Waals surface area (Å²) in [5.41, 5.74) is 3.98. The van der Waals surface area contributed by atoms with E-state index in [-0.39, 0.29) is 18.1 Å². The average Bonchev–Trinajstić information content (AvgIpc) is 3.22. The van der Waals surface area contributed by atoms with Crippen molar-refractivity contribution in [3.63, 3.8) is 0 Å². The van der Waals surface area contributed by atoms with Gasteiger partial charge in [0.1, 0.15) is 18.1 Å². The van der Waals surface area contributed by atoms with Gasteiger partial charge in [-0.3, -0.25) is 14.9 Å². The van der Waals surface area contributed by atoms with Crippen LogP contribution >= 0.6 is 0 Å². The number of hydrogen-bond acceptors (Lipinski definition) is 6. The Morgan fingerprint density at radius 3 is 2.67 bits per heavy atom. The first-order chi connectivity index (χ1) is 14.4. The molecule has 1 N–H and O–H groups in total. The van der Waals surface area contributed by atoms with E-state index in [2.05, 4.69) is 24.4 Å². The van der Waals surface area contributed by atoms with E-state index in [0.29, 0.717) is 23.0 Å². The topological polar surface area (TPSA) is 107 Å². The molecule has 0 radical (unpaired) electrons. The Balaban J connectivity index is 1.53. The molecular weight excluding hydrogens is 386 g/mol. The highest BCUT2D eigenvalue weighted by atomic mass is 16.6. The first kappa shape index (κ1) is 20.8. The Morgan fingerprint density at radius 1 is 1.20 bits per heavy atom. The molecule has 0 aliphatic rings. The van der Waals surface area contributed by atoms with Gasteiger partial charge in [0.05, 0.1) is 11.1 Å². The second-order valence-corrected chi connectivity index (χ2v) is 6.83. The van der Waals surface area contributed by atoms with Crippen LogP contribution in [0.15, 0.2) is 70.2 Å². The number of amides is 1. The van der Waals surface area contributed by atoms with Gasteiger partial charge in [0, 0.05) is 17.7 Å². The Bertz CT molecular complexity index is 1050. The molecule has 3 rings (SSSR count). The first-order valence-corrected chi connectivity index (χ1v) is 9.31. The van der Waals surface area contributed by atoms with Crippen LogP contribution in [-0.2, 0) is 6.61 Å². The van der Waals surface area contributed by atoms with Crippen molar-refractivity contribution in [2.75, 3.05) is 0 Å². The van der Waals surface area contributed by atoms with Crippen LogP contribution in [0.25, 0.3) is 0 Å². The molecular formula is C22H21N3O5. The summed E-state index contributed by atoms with van der Waals surface area (Å²) in [5.74, 6) is 1.20. The molecule has 0 aliphatic heterocycles. The van der Waals surface area contributed by atoms with Crippen LogP contribution in [0.4, 0.5) is 5.69 Å². The molecule has 0 atom stereocenters. The number of benzene rings is 2.